The highest BCUT2D eigenvalue weighted by Crippen LogP contribution is 2.12. The van der Waals surface area contributed by atoms with E-state index in [9.17, 15) is 4.79 Å². The highest BCUT2D eigenvalue weighted by Gasteiger charge is 2.24. The van der Waals surface area contributed by atoms with Gasteiger partial charge in [-0.15, -0.1) is 0 Å². The Morgan fingerprint density at radius 1 is 1.27 bits per heavy atom. The van der Waals surface area contributed by atoms with E-state index in [-0.39, 0.29) is 11.8 Å². The summed E-state index contributed by atoms with van der Waals surface area (Å²) in [4.78, 5) is 15.5. The molecule has 0 saturated heterocycles. The molecule has 15 heavy (non-hydrogen) atoms. The molecule has 0 radical (unpaired) electrons. The van der Waals surface area contributed by atoms with Gasteiger partial charge >= 0.3 is 0 Å². The van der Waals surface area contributed by atoms with E-state index in [0.717, 1.165) is 6.54 Å². The highest BCUT2D eigenvalue weighted by atomic mass is 16.2. The largest absolute Gasteiger partial charge is 0.343 e. The maximum absolute atomic E-state index is 11.8. The average Bonchev–Trinajstić information content (AvgIpc) is 2.14. The predicted octanol–water partition coefficient (Wildman–Crippen LogP) is 0.802. The van der Waals surface area contributed by atoms with Crippen LogP contribution in [0.4, 0.5) is 0 Å². The van der Waals surface area contributed by atoms with Gasteiger partial charge < -0.3 is 9.80 Å². The lowest BCUT2D eigenvalue weighted by atomic mass is 9.96. The van der Waals surface area contributed by atoms with Gasteiger partial charge in [-0.2, -0.15) is 5.26 Å². The first-order chi connectivity index (χ1) is 6.90. The molecule has 1 atom stereocenters. The third-order valence-electron chi connectivity index (χ3n) is 2.33. The summed E-state index contributed by atoms with van der Waals surface area (Å²) in [6, 6.07) is 2.06. The van der Waals surface area contributed by atoms with Gasteiger partial charge in [0.1, 0.15) is 5.92 Å². The second kappa shape index (κ2) is 6.41. The average molecular weight is 211 g/mol. The minimum Gasteiger partial charge on any atom is -0.343 e. The van der Waals surface area contributed by atoms with Gasteiger partial charge in [-0.3, -0.25) is 4.79 Å². The molecule has 4 nitrogen and oxygen atoms in total. The molecule has 0 saturated carbocycles. The van der Waals surface area contributed by atoms with Crippen LogP contribution in [0.25, 0.3) is 0 Å². The Bertz CT molecular complexity index is 243. The van der Waals surface area contributed by atoms with Gasteiger partial charge in [0, 0.05) is 20.1 Å². The third kappa shape index (κ3) is 4.80. The Hall–Kier alpha value is -1.08. The zero-order valence-corrected chi connectivity index (χ0v) is 10.3. The van der Waals surface area contributed by atoms with Crippen LogP contribution in [0.15, 0.2) is 0 Å². The molecule has 0 fully saturated rings. The summed E-state index contributed by atoms with van der Waals surface area (Å²) in [5.74, 6) is -0.518. The van der Waals surface area contributed by atoms with E-state index in [2.05, 4.69) is 6.07 Å². The fraction of sp³-hybridized carbons (Fsp3) is 0.818. The number of carbonyl (C=O) groups is 1. The van der Waals surface area contributed by atoms with Crippen molar-refractivity contribution in [2.75, 3.05) is 34.2 Å². The first-order valence-corrected chi connectivity index (χ1v) is 5.19. The zero-order valence-electron chi connectivity index (χ0n) is 10.3. The Morgan fingerprint density at radius 3 is 2.13 bits per heavy atom. The fourth-order valence-corrected chi connectivity index (χ4v) is 1.19. The van der Waals surface area contributed by atoms with Crippen LogP contribution in [0, 0.1) is 23.2 Å². The number of hydrogen-bond donors (Lipinski definition) is 0. The monoisotopic (exact) mass is 211 g/mol. The first-order valence-electron chi connectivity index (χ1n) is 5.19. The molecule has 0 bridgehead atoms. The minimum absolute atomic E-state index is 0.0734. The van der Waals surface area contributed by atoms with Gasteiger partial charge in [-0.05, 0) is 20.0 Å². The number of carbonyl (C=O) groups excluding carboxylic acids is 1. The van der Waals surface area contributed by atoms with E-state index < -0.39 is 5.92 Å². The highest BCUT2D eigenvalue weighted by molar-refractivity contribution is 5.81. The molecule has 0 spiro atoms. The van der Waals surface area contributed by atoms with Crippen molar-refractivity contribution in [3.05, 3.63) is 0 Å². The lowest BCUT2D eigenvalue weighted by Crippen LogP contribution is -2.38. The normalized spacial score (nSPS) is 12.7. The van der Waals surface area contributed by atoms with Crippen molar-refractivity contribution in [3.63, 3.8) is 0 Å². The minimum atomic E-state index is -0.517. The summed E-state index contributed by atoms with van der Waals surface area (Å²) in [7, 11) is 5.67. The molecule has 0 aliphatic heterocycles. The molecule has 0 heterocycles. The lowest BCUT2D eigenvalue weighted by molar-refractivity contribution is -0.133. The Morgan fingerprint density at radius 2 is 1.80 bits per heavy atom. The third-order valence-corrected chi connectivity index (χ3v) is 2.33. The number of rotatable bonds is 5. The maximum Gasteiger partial charge on any atom is 0.239 e. The number of amides is 1. The van der Waals surface area contributed by atoms with Crippen molar-refractivity contribution < 1.29 is 4.79 Å². The van der Waals surface area contributed by atoms with Crippen LogP contribution in [0.3, 0.4) is 0 Å². The summed E-state index contributed by atoms with van der Waals surface area (Å²) < 4.78 is 0. The predicted molar refractivity (Wildman–Crippen MR) is 60.1 cm³/mol. The molecule has 1 unspecified atom stereocenters. The van der Waals surface area contributed by atoms with Gasteiger partial charge in [0.2, 0.25) is 5.91 Å². The maximum atomic E-state index is 11.8. The van der Waals surface area contributed by atoms with Crippen LogP contribution < -0.4 is 0 Å². The van der Waals surface area contributed by atoms with Gasteiger partial charge in [-0.25, -0.2) is 0 Å². The van der Waals surface area contributed by atoms with Gasteiger partial charge in [0.05, 0.1) is 6.07 Å². The Labute approximate surface area is 92.5 Å². The summed E-state index contributed by atoms with van der Waals surface area (Å²) in [6.07, 6.45) is 0. The van der Waals surface area contributed by atoms with Crippen molar-refractivity contribution in [2.45, 2.75) is 13.8 Å². The van der Waals surface area contributed by atoms with Crippen molar-refractivity contribution in [1.82, 2.24) is 9.80 Å². The van der Waals surface area contributed by atoms with Crippen molar-refractivity contribution in [3.8, 4) is 6.07 Å². The van der Waals surface area contributed by atoms with E-state index in [0.29, 0.717) is 6.54 Å². The van der Waals surface area contributed by atoms with Crippen LogP contribution in [0.1, 0.15) is 13.8 Å². The molecule has 0 rings (SSSR count). The first kappa shape index (κ1) is 13.9. The zero-order chi connectivity index (χ0) is 12.0. The molecule has 0 N–H and O–H groups in total. The van der Waals surface area contributed by atoms with Crippen molar-refractivity contribution in [1.29, 1.82) is 5.26 Å². The summed E-state index contributed by atoms with van der Waals surface area (Å²) >= 11 is 0. The standard InChI is InChI=1S/C11H21N3O/c1-9(2)10(8-12)11(15)14(5)7-6-13(3)4/h9-10H,6-7H2,1-5H3. The molecular formula is C11H21N3O. The smallest absolute Gasteiger partial charge is 0.239 e. The van der Waals surface area contributed by atoms with Gasteiger partial charge in [0.25, 0.3) is 0 Å². The number of nitriles is 1. The Kier molecular flexibility index (Phi) is 5.95. The molecule has 4 heteroatoms. The summed E-state index contributed by atoms with van der Waals surface area (Å²) in [5, 5.41) is 8.89. The van der Waals surface area contributed by atoms with E-state index in [1.807, 2.05) is 32.8 Å². The molecular weight excluding hydrogens is 190 g/mol. The quantitative estimate of drug-likeness (QED) is 0.676. The number of hydrogen-bond acceptors (Lipinski definition) is 3. The Balaban J connectivity index is 4.25. The molecule has 0 aliphatic carbocycles. The van der Waals surface area contributed by atoms with Crippen molar-refractivity contribution in [2.24, 2.45) is 11.8 Å². The van der Waals surface area contributed by atoms with Crippen molar-refractivity contribution >= 4 is 5.91 Å². The topological polar surface area (TPSA) is 47.3 Å². The van der Waals surface area contributed by atoms with E-state index in [1.54, 1.807) is 11.9 Å². The molecule has 0 aromatic heterocycles. The van der Waals surface area contributed by atoms with Crippen LogP contribution in [-0.4, -0.2) is 49.9 Å². The van der Waals surface area contributed by atoms with Crippen LogP contribution in [-0.2, 0) is 4.79 Å². The van der Waals surface area contributed by atoms with Crippen LogP contribution in [0.5, 0.6) is 0 Å². The summed E-state index contributed by atoms with van der Waals surface area (Å²) in [6.45, 7) is 5.27. The second-order valence-electron chi connectivity index (χ2n) is 4.41. The fourth-order valence-electron chi connectivity index (χ4n) is 1.19. The SMILES string of the molecule is CC(C)C(C#N)C(=O)N(C)CCN(C)C. The van der Waals surface area contributed by atoms with E-state index in [4.69, 9.17) is 5.26 Å². The van der Waals surface area contributed by atoms with Crippen LogP contribution in [0.2, 0.25) is 0 Å². The summed E-state index contributed by atoms with van der Waals surface area (Å²) in [5.41, 5.74) is 0. The molecule has 0 aliphatic rings. The van der Waals surface area contributed by atoms with Gasteiger partial charge in [0.15, 0.2) is 0 Å². The molecule has 0 aromatic rings. The lowest BCUT2D eigenvalue weighted by Gasteiger charge is -2.23. The van der Waals surface area contributed by atoms with E-state index >= 15 is 0 Å². The van der Waals surface area contributed by atoms with Crippen LogP contribution >= 0.6 is 0 Å². The number of likely N-dealkylation sites (N-methyl/N-ethyl adjacent to an activating group) is 2. The second-order valence-corrected chi connectivity index (χ2v) is 4.41. The molecule has 86 valence electrons. The van der Waals surface area contributed by atoms with E-state index in [1.165, 1.54) is 0 Å². The van der Waals surface area contributed by atoms with Gasteiger partial charge in [-0.1, -0.05) is 13.8 Å². The number of nitrogens with zero attached hydrogens (tertiary/aromatic N) is 3. The molecule has 0 aromatic carbocycles. The molecule has 1 amide bonds.